The number of nitrogens with two attached hydrogens (primary N) is 1. The quantitative estimate of drug-likeness (QED) is 0.0880. The minimum Gasteiger partial charge on any atom is -0.492 e. The number of benzene rings is 1. The van der Waals surface area contributed by atoms with Gasteiger partial charge in [-0.1, -0.05) is 17.3 Å². The van der Waals surface area contributed by atoms with Gasteiger partial charge in [0.2, 0.25) is 17.9 Å². The second-order valence-corrected chi connectivity index (χ2v) is 12.2. The average molecular weight is 682 g/mol. The number of rotatable bonds is 13. The van der Waals surface area contributed by atoms with Crippen LogP contribution in [0.3, 0.4) is 0 Å². The van der Waals surface area contributed by atoms with Crippen molar-refractivity contribution in [1.82, 2.24) is 9.88 Å². The molecule has 1 saturated heterocycles. The molecule has 0 saturated carbocycles. The molecular formula is C30H29N6O9S2+. The van der Waals surface area contributed by atoms with E-state index in [0.29, 0.717) is 29.2 Å². The third-order valence-electron chi connectivity index (χ3n) is 7.43. The average Bonchev–Trinajstić information content (AvgIpc) is 3.49. The van der Waals surface area contributed by atoms with Crippen LogP contribution >= 0.6 is 23.1 Å². The van der Waals surface area contributed by atoms with Crippen molar-refractivity contribution in [3.8, 4) is 11.5 Å². The number of aromatic nitrogens is 2. The van der Waals surface area contributed by atoms with Crippen LogP contribution in [0.5, 0.6) is 11.5 Å². The molecule has 3 N–H and O–H groups in total. The summed E-state index contributed by atoms with van der Waals surface area (Å²) in [5, 5.41) is 27.0. The van der Waals surface area contributed by atoms with Gasteiger partial charge in [0.15, 0.2) is 35.1 Å². The molecular weight excluding hydrogens is 652 g/mol. The summed E-state index contributed by atoms with van der Waals surface area (Å²) >= 11 is 2.42. The minimum absolute atomic E-state index is 0.0833. The highest BCUT2D eigenvalue weighted by Gasteiger charge is 2.54. The standard InChI is InChI=1S/C30H28N6O9S2/c1-43-23-8-9-34(13-24(23)44-2)12-16-4-5-17(21(10-16)36(41)42)6-7-18-14-46-28-19(27(38)35(28)26(18)29(39)40)11-22(37)25(33-45-3)20-15-47-30(31)32-20/h4-10,13,15,19,28H,11-12,14H2,1-3H3,(H2-,31,32,39,40)/p+1/b7-6?,33-25-/t19-,28-/m1/s1. The summed E-state index contributed by atoms with van der Waals surface area (Å²) in [6.07, 6.45) is 6.18. The van der Waals surface area contributed by atoms with Crippen molar-refractivity contribution in [3.63, 3.8) is 0 Å². The number of hydrogen-bond acceptors (Lipinski definition) is 13. The van der Waals surface area contributed by atoms with Gasteiger partial charge in [-0.3, -0.25) is 24.6 Å². The van der Waals surface area contributed by atoms with Crippen molar-refractivity contribution < 1.29 is 43.3 Å². The number of nitrogen functional groups attached to an aromatic ring is 1. The lowest BCUT2D eigenvalue weighted by Crippen LogP contribution is -2.62. The summed E-state index contributed by atoms with van der Waals surface area (Å²) in [5.74, 6) is -1.90. The molecule has 0 aliphatic carbocycles. The van der Waals surface area contributed by atoms with Crippen LogP contribution < -0.4 is 19.8 Å². The smallest absolute Gasteiger partial charge is 0.352 e. The summed E-state index contributed by atoms with van der Waals surface area (Å²) in [7, 11) is 4.31. The molecule has 244 valence electrons. The van der Waals surface area contributed by atoms with E-state index in [2.05, 4.69) is 10.1 Å². The van der Waals surface area contributed by atoms with Crippen LogP contribution in [-0.2, 0) is 25.8 Å². The number of methoxy groups -OCH3 is 2. The molecule has 47 heavy (non-hydrogen) atoms. The lowest BCUT2D eigenvalue weighted by Gasteiger charge is -2.49. The number of allylic oxidation sites excluding steroid dienone is 1. The van der Waals surface area contributed by atoms with Crippen LogP contribution in [0, 0.1) is 16.0 Å². The molecule has 2 aromatic heterocycles. The Kier molecular flexibility index (Phi) is 9.86. The lowest BCUT2D eigenvalue weighted by atomic mass is 9.89. The second kappa shape index (κ2) is 14.0. The number of thioether (sulfide) groups is 1. The highest BCUT2D eigenvalue weighted by atomic mass is 32.2. The normalized spacial score (nSPS) is 17.7. The zero-order valence-electron chi connectivity index (χ0n) is 25.3. The van der Waals surface area contributed by atoms with Crippen LogP contribution in [0.4, 0.5) is 10.8 Å². The Hall–Kier alpha value is -5.29. The highest BCUT2D eigenvalue weighted by Crippen LogP contribution is 2.45. The number of carbonyl (C=O) groups excluding carboxylic acids is 2. The predicted octanol–water partition coefficient (Wildman–Crippen LogP) is 2.88. The molecule has 1 fully saturated rings. The summed E-state index contributed by atoms with van der Waals surface area (Å²) in [6, 6.07) is 6.48. The number of ether oxygens (including phenoxy) is 2. The van der Waals surface area contributed by atoms with Crippen LogP contribution in [-0.4, -0.2) is 75.7 Å². The maximum atomic E-state index is 13.2. The van der Waals surface area contributed by atoms with Gasteiger partial charge >= 0.3 is 5.97 Å². The first-order valence-electron chi connectivity index (χ1n) is 13.9. The van der Waals surface area contributed by atoms with Crippen LogP contribution in [0.1, 0.15) is 23.2 Å². The second-order valence-electron chi connectivity index (χ2n) is 10.3. The molecule has 1 amide bonds. The van der Waals surface area contributed by atoms with Gasteiger partial charge in [0, 0.05) is 35.2 Å². The van der Waals surface area contributed by atoms with E-state index in [4.69, 9.17) is 20.0 Å². The molecule has 2 aliphatic heterocycles. The van der Waals surface area contributed by atoms with E-state index in [1.54, 1.807) is 40.5 Å². The van der Waals surface area contributed by atoms with Crippen molar-refractivity contribution in [1.29, 1.82) is 0 Å². The fourth-order valence-corrected chi connectivity index (χ4v) is 7.18. The van der Waals surface area contributed by atoms with Crippen LogP contribution in [0.25, 0.3) is 6.08 Å². The SMILES string of the molecule is CO/N=C(\C(=O)C[C@@H]1C(=O)N2C(C(=O)O)=C(C=Cc3ccc(C[n+]4ccc(OC)c(OC)c4)cc3[N+](=O)[O-])CS[C@H]12)c1csc(N)n1. The number of ketones is 1. The molecule has 2 atom stereocenters. The van der Waals surface area contributed by atoms with E-state index in [1.165, 1.54) is 51.3 Å². The zero-order chi connectivity index (χ0) is 33.8. The first-order chi connectivity index (χ1) is 22.6. The molecule has 0 radical (unpaired) electrons. The van der Waals surface area contributed by atoms with Gasteiger partial charge < -0.3 is 25.2 Å². The first kappa shape index (κ1) is 33.1. The number of oxime groups is 1. The number of anilines is 1. The van der Waals surface area contributed by atoms with E-state index in [0.717, 1.165) is 16.2 Å². The number of fused-ring (bicyclic) bond motifs is 1. The van der Waals surface area contributed by atoms with Gasteiger partial charge in [0.1, 0.15) is 18.5 Å². The summed E-state index contributed by atoms with van der Waals surface area (Å²) in [5.41, 5.74) is 6.62. The lowest BCUT2D eigenvalue weighted by molar-refractivity contribution is -0.688. The van der Waals surface area contributed by atoms with Crippen molar-refractivity contribution in [2.45, 2.75) is 18.3 Å². The van der Waals surface area contributed by atoms with E-state index in [9.17, 15) is 29.6 Å². The van der Waals surface area contributed by atoms with Gasteiger partial charge in [0.05, 0.1) is 36.0 Å². The zero-order valence-corrected chi connectivity index (χ0v) is 26.9. The molecule has 17 heteroatoms. The molecule has 0 spiro atoms. The predicted molar refractivity (Wildman–Crippen MR) is 172 cm³/mol. The molecule has 15 nitrogen and oxygen atoms in total. The summed E-state index contributed by atoms with van der Waals surface area (Å²) < 4.78 is 12.4. The Bertz CT molecular complexity index is 1850. The van der Waals surface area contributed by atoms with Crippen molar-refractivity contribution in [3.05, 3.63) is 86.3 Å². The molecule has 4 heterocycles. The Labute approximate surface area is 276 Å². The maximum absolute atomic E-state index is 13.2. The Morgan fingerprint density at radius 2 is 2.00 bits per heavy atom. The Morgan fingerprint density at radius 1 is 1.23 bits per heavy atom. The summed E-state index contributed by atoms with van der Waals surface area (Å²) in [4.78, 5) is 60.2. The third-order valence-corrected chi connectivity index (χ3v) is 9.46. The minimum atomic E-state index is -1.33. The third kappa shape index (κ3) is 6.80. The number of nitro groups is 1. The van der Waals surface area contributed by atoms with Crippen LogP contribution in [0.2, 0.25) is 0 Å². The molecule has 1 aromatic carbocycles. The molecule has 0 unspecified atom stereocenters. The molecule has 0 bridgehead atoms. The number of amides is 1. The van der Waals surface area contributed by atoms with E-state index in [-0.39, 0.29) is 45.7 Å². The van der Waals surface area contributed by atoms with E-state index in [1.807, 2.05) is 0 Å². The Balaban J connectivity index is 1.35. The monoisotopic (exact) mass is 681 g/mol. The van der Waals surface area contributed by atoms with Gasteiger partial charge in [-0.15, -0.1) is 23.1 Å². The van der Waals surface area contributed by atoms with Crippen molar-refractivity contribution >= 4 is 63.4 Å². The first-order valence-corrected chi connectivity index (χ1v) is 15.8. The largest absolute Gasteiger partial charge is 0.492 e. The van der Waals surface area contributed by atoms with Gasteiger partial charge in [-0.2, -0.15) is 4.57 Å². The fourth-order valence-electron chi connectivity index (χ4n) is 5.24. The number of thiazole rings is 1. The highest BCUT2D eigenvalue weighted by molar-refractivity contribution is 8.00. The van der Waals surface area contributed by atoms with Crippen LogP contribution in [0.15, 0.2) is 64.5 Å². The van der Waals surface area contributed by atoms with Gasteiger partial charge in [0.25, 0.3) is 5.69 Å². The van der Waals surface area contributed by atoms with Gasteiger partial charge in [-0.25, -0.2) is 9.78 Å². The number of β-lactam (4-membered cyclic amide) rings is 1. The van der Waals surface area contributed by atoms with E-state index < -0.39 is 33.9 Å². The number of Topliss-reactive ketones (excluding diaryl/α,β-unsaturated/α-hetero) is 1. The number of pyridine rings is 1. The molecule has 2 aliphatic rings. The van der Waals surface area contributed by atoms with Crippen molar-refractivity contribution in [2.24, 2.45) is 11.1 Å². The topological polar surface area (TPSA) is 201 Å². The molecule has 3 aromatic rings. The number of nitrogens with zero attached hydrogens (tertiary/aromatic N) is 5. The maximum Gasteiger partial charge on any atom is 0.352 e. The summed E-state index contributed by atoms with van der Waals surface area (Å²) in [6.45, 7) is 0.314. The number of nitro benzene ring substituents is 1. The van der Waals surface area contributed by atoms with E-state index >= 15 is 0 Å². The fraction of sp³-hybridized carbons (Fsp3) is 0.267. The number of carboxylic acids is 1. The molecule has 5 rings (SSSR count). The van der Waals surface area contributed by atoms with Gasteiger partial charge in [-0.05, 0) is 17.7 Å². The number of hydrogen-bond donors (Lipinski definition) is 2. The Morgan fingerprint density at radius 3 is 2.64 bits per heavy atom. The number of carboxylic acid groups (broad SMARTS) is 1. The van der Waals surface area contributed by atoms with Crippen molar-refractivity contribution in [2.75, 3.05) is 32.8 Å². The number of carbonyl (C=O) groups is 3. The number of aliphatic carboxylic acids is 1.